The van der Waals surface area contributed by atoms with Crippen molar-refractivity contribution in [2.75, 3.05) is 10.8 Å². The van der Waals surface area contributed by atoms with Crippen LogP contribution in [0.5, 0.6) is 5.75 Å². The first-order valence-corrected chi connectivity index (χ1v) is 12.5. The average molecular weight is 508 g/mol. The molecule has 1 amide bonds. The van der Waals surface area contributed by atoms with Crippen molar-refractivity contribution < 1.29 is 18.3 Å². The second-order valence-electron chi connectivity index (χ2n) is 7.72. The molecule has 0 aromatic heterocycles. The maximum Gasteiger partial charge on any atom is 0.264 e. The van der Waals surface area contributed by atoms with Crippen molar-refractivity contribution in [3.63, 3.8) is 0 Å². The number of anilines is 1. The van der Waals surface area contributed by atoms with Gasteiger partial charge in [0.25, 0.3) is 15.9 Å². The minimum Gasteiger partial charge on any atom is -0.507 e. The third kappa shape index (κ3) is 5.13. The van der Waals surface area contributed by atoms with E-state index in [1.165, 1.54) is 18.3 Å². The molecular weight excluding hydrogens is 486 g/mol. The van der Waals surface area contributed by atoms with E-state index >= 15 is 0 Å². The smallest absolute Gasteiger partial charge is 0.264 e. The Bertz CT molecular complexity index is 1520. The quantitative estimate of drug-likeness (QED) is 0.276. The number of carbonyl (C=O) groups is 1. The van der Waals surface area contributed by atoms with E-state index in [2.05, 4.69) is 10.5 Å². The maximum atomic E-state index is 13.4. The second kappa shape index (κ2) is 10.2. The predicted molar refractivity (Wildman–Crippen MR) is 139 cm³/mol. The van der Waals surface area contributed by atoms with Crippen molar-refractivity contribution in [1.82, 2.24) is 5.43 Å². The van der Waals surface area contributed by atoms with Gasteiger partial charge in [0.15, 0.2) is 0 Å². The Hall–Kier alpha value is -3.88. The van der Waals surface area contributed by atoms with Crippen LogP contribution in [0, 0.1) is 6.92 Å². The number of aromatic hydroxyl groups is 1. The molecule has 178 valence electrons. The Morgan fingerprint density at radius 2 is 1.71 bits per heavy atom. The van der Waals surface area contributed by atoms with Crippen molar-refractivity contribution in [2.45, 2.75) is 11.8 Å². The number of fused-ring (bicyclic) bond motifs is 1. The Morgan fingerprint density at radius 3 is 2.49 bits per heavy atom. The number of phenols is 1. The van der Waals surface area contributed by atoms with E-state index in [1.54, 1.807) is 55.5 Å². The summed E-state index contributed by atoms with van der Waals surface area (Å²) in [5.74, 6) is -0.663. The minimum absolute atomic E-state index is 0.00420. The second-order valence-corrected chi connectivity index (χ2v) is 9.99. The van der Waals surface area contributed by atoms with Crippen LogP contribution in [0.3, 0.4) is 0 Å². The highest BCUT2D eigenvalue weighted by molar-refractivity contribution is 7.92. The molecule has 4 aromatic carbocycles. The van der Waals surface area contributed by atoms with E-state index in [1.807, 2.05) is 24.3 Å². The van der Waals surface area contributed by atoms with E-state index in [9.17, 15) is 18.3 Å². The summed E-state index contributed by atoms with van der Waals surface area (Å²) >= 11 is 6.24. The molecule has 0 radical (unpaired) electrons. The van der Waals surface area contributed by atoms with Crippen LogP contribution in [0.15, 0.2) is 94.9 Å². The molecule has 0 saturated heterocycles. The van der Waals surface area contributed by atoms with Crippen molar-refractivity contribution in [2.24, 2.45) is 5.10 Å². The summed E-state index contributed by atoms with van der Waals surface area (Å²) in [6, 6.07) is 23.5. The summed E-state index contributed by atoms with van der Waals surface area (Å²) in [7, 11) is -4.08. The fraction of sp³-hybridized carbons (Fsp3) is 0.0769. The monoisotopic (exact) mass is 507 g/mol. The molecule has 0 fully saturated rings. The standard InChI is InChI=1S/C26H22ClN3O4S/c1-18-23(27)12-7-13-24(18)30(35(33,34)20-9-3-2-4-10-20)17-26(32)29-28-16-22-21-11-6-5-8-19(21)14-15-25(22)31/h2-16,31H,17H2,1H3,(H,29,32). The largest absolute Gasteiger partial charge is 0.507 e. The molecule has 0 spiro atoms. The van der Waals surface area contributed by atoms with Crippen LogP contribution < -0.4 is 9.73 Å². The van der Waals surface area contributed by atoms with Gasteiger partial charge in [-0.3, -0.25) is 9.10 Å². The lowest BCUT2D eigenvalue weighted by atomic mass is 10.0. The first-order chi connectivity index (χ1) is 16.8. The number of benzene rings is 4. The number of halogens is 1. The van der Waals surface area contributed by atoms with Gasteiger partial charge >= 0.3 is 0 Å². The molecule has 0 heterocycles. The number of hydrazone groups is 1. The highest BCUT2D eigenvalue weighted by Crippen LogP contribution is 2.31. The van der Waals surface area contributed by atoms with Crippen LogP contribution in [0.2, 0.25) is 5.02 Å². The molecule has 35 heavy (non-hydrogen) atoms. The van der Waals surface area contributed by atoms with Gasteiger partial charge in [0.2, 0.25) is 0 Å². The molecule has 0 unspecified atom stereocenters. The Morgan fingerprint density at radius 1 is 1.00 bits per heavy atom. The van der Waals surface area contributed by atoms with E-state index in [-0.39, 0.29) is 16.3 Å². The zero-order chi connectivity index (χ0) is 25.0. The normalized spacial score (nSPS) is 11.6. The number of sulfonamides is 1. The van der Waals surface area contributed by atoms with Gasteiger partial charge in [0.1, 0.15) is 12.3 Å². The summed E-state index contributed by atoms with van der Waals surface area (Å²) in [5.41, 5.74) is 3.60. The predicted octanol–water partition coefficient (Wildman–Crippen LogP) is 4.85. The molecule has 0 atom stereocenters. The van der Waals surface area contributed by atoms with Crippen LogP contribution in [-0.4, -0.2) is 32.2 Å². The Balaban J connectivity index is 1.62. The van der Waals surface area contributed by atoms with Crippen LogP contribution in [-0.2, 0) is 14.8 Å². The van der Waals surface area contributed by atoms with Crippen molar-refractivity contribution >= 4 is 50.2 Å². The molecule has 0 aliphatic rings. The van der Waals surface area contributed by atoms with Crippen LogP contribution >= 0.6 is 11.6 Å². The number of carbonyl (C=O) groups excluding carboxylic acids is 1. The molecule has 0 saturated carbocycles. The number of amides is 1. The first kappa shape index (κ1) is 24.3. The maximum absolute atomic E-state index is 13.4. The van der Waals surface area contributed by atoms with Crippen LogP contribution in [0.25, 0.3) is 10.8 Å². The van der Waals surface area contributed by atoms with Gasteiger partial charge in [-0.25, -0.2) is 13.8 Å². The molecular formula is C26H22ClN3O4S. The number of nitrogens with one attached hydrogen (secondary N) is 1. The number of nitrogens with zero attached hydrogens (tertiary/aromatic N) is 2. The fourth-order valence-corrected chi connectivity index (χ4v) is 5.31. The summed E-state index contributed by atoms with van der Waals surface area (Å²) in [6.07, 6.45) is 1.33. The average Bonchev–Trinajstić information content (AvgIpc) is 2.86. The number of hydrogen-bond donors (Lipinski definition) is 2. The summed E-state index contributed by atoms with van der Waals surface area (Å²) in [5, 5.41) is 16.2. The third-order valence-electron chi connectivity index (χ3n) is 5.46. The van der Waals surface area contributed by atoms with Gasteiger partial charge in [-0.2, -0.15) is 5.10 Å². The van der Waals surface area contributed by atoms with Gasteiger partial charge in [0, 0.05) is 10.6 Å². The zero-order valence-corrected chi connectivity index (χ0v) is 20.3. The van der Waals surface area contributed by atoms with Gasteiger partial charge in [0.05, 0.1) is 16.8 Å². The molecule has 4 rings (SSSR count). The third-order valence-corrected chi connectivity index (χ3v) is 7.64. The lowest BCUT2D eigenvalue weighted by Crippen LogP contribution is -2.40. The topological polar surface area (TPSA) is 99.1 Å². The van der Waals surface area contributed by atoms with Crippen LogP contribution in [0.4, 0.5) is 5.69 Å². The molecule has 4 aromatic rings. The van der Waals surface area contributed by atoms with E-state index < -0.39 is 22.5 Å². The molecule has 0 bridgehead atoms. The van der Waals surface area contributed by atoms with E-state index in [0.29, 0.717) is 16.1 Å². The van der Waals surface area contributed by atoms with Gasteiger partial charge < -0.3 is 5.11 Å². The minimum atomic E-state index is -4.08. The van der Waals surface area contributed by atoms with E-state index in [0.717, 1.165) is 15.1 Å². The zero-order valence-electron chi connectivity index (χ0n) is 18.7. The number of phenolic OH excluding ortho intramolecular Hbond substituents is 1. The highest BCUT2D eigenvalue weighted by Gasteiger charge is 2.28. The lowest BCUT2D eigenvalue weighted by Gasteiger charge is -2.25. The van der Waals surface area contributed by atoms with E-state index in [4.69, 9.17) is 11.6 Å². The molecule has 7 nitrogen and oxygen atoms in total. The van der Waals surface area contributed by atoms with Crippen molar-refractivity contribution in [1.29, 1.82) is 0 Å². The fourth-order valence-electron chi connectivity index (χ4n) is 3.64. The van der Waals surface area contributed by atoms with Crippen molar-refractivity contribution in [3.8, 4) is 5.75 Å². The van der Waals surface area contributed by atoms with Gasteiger partial charge in [-0.15, -0.1) is 0 Å². The lowest BCUT2D eigenvalue weighted by molar-refractivity contribution is -0.119. The van der Waals surface area contributed by atoms with Gasteiger partial charge in [-0.1, -0.05) is 66.2 Å². The molecule has 9 heteroatoms. The molecule has 0 aliphatic carbocycles. The van der Waals surface area contributed by atoms with Crippen molar-refractivity contribution in [3.05, 3.63) is 101 Å². The Labute approximate surface area is 208 Å². The first-order valence-electron chi connectivity index (χ1n) is 10.6. The molecule has 0 aliphatic heterocycles. The number of hydrogen-bond acceptors (Lipinski definition) is 5. The summed E-state index contributed by atoms with van der Waals surface area (Å²) < 4.78 is 27.9. The summed E-state index contributed by atoms with van der Waals surface area (Å²) in [4.78, 5) is 12.9. The van der Waals surface area contributed by atoms with Gasteiger partial charge in [-0.05, 0) is 53.6 Å². The van der Waals surface area contributed by atoms with Crippen LogP contribution in [0.1, 0.15) is 11.1 Å². The number of rotatable bonds is 7. The summed E-state index contributed by atoms with van der Waals surface area (Å²) in [6.45, 7) is 1.15. The Kier molecular flexibility index (Phi) is 7.04. The highest BCUT2D eigenvalue weighted by atomic mass is 35.5. The molecule has 2 N–H and O–H groups in total. The SMILES string of the molecule is Cc1c(Cl)cccc1N(CC(=O)NN=Cc1c(O)ccc2ccccc12)S(=O)(=O)c1ccccc1.